The molecule has 4 rings (SSSR count). The normalized spacial score (nSPS) is 24.3. The summed E-state index contributed by atoms with van der Waals surface area (Å²) in [5.74, 6) is 0.641. The third kappa shape index (κ3) is 2.87. The van der Waals surface area contributed by atoms with Crippen LogP contribution in [-0.2, 0) is 6.54 Å². The van der Waals surface area contributed by atoms with E-state index in [4.69, 9.17) is 5.73 Å². The Kier molecular flexibility index (Phi) is 4.61. The zero-order valence-electron chi connectivity index (χ0n) is 16.6. The molecule has 0 radical (unpaired) electrons. The molecular formula is C20H27N5O3. The van der Waals surface area contributed by atoms with Crippen LogP contribution in [0.25, 0.3) is 11.0 Å². The number of aromatic nitrogens is 3. The van der Waals surface area contributed by atoms with Crippen molar-refractivity contribution in [3.63, 3.8) is 0 Å². The SMILES string of the molecule is CCn1c(=O)[nH]c(=O)c2c(C(=O)N3CC4CCC(N)C4C3)cc(C(C)C)nc21. The number of hydrogen-bond acceptors (Lipinski definition) is 5. The molecule has 2 aromatic rings. The Labute approximate surface area is 162 Å². The summed E-state index contributed by atoms with van der Waals surface area (Å²) in [5, 5.41) is 0.192. The van der Waals surface area contributed by atoms with Gasteiger partial charge in [0.15, 0.2) is 5.65 Å². The number of hydrogen-bond donors (Lipinski definition) is 2. The van der Waals surface area contributed by atoms with Gasteiger partial charge in [0.1, 0.15) is 0 Å². The van der Waals surface area contributed by atoms with Crippen LogP contribution in [0.5, 0.6) is 0 Å². The van der Waals surface area contributed by atoms with E-state index in [1.807, 2.05) is 25.7 Å². The van der Waals surface area contributed by atoms with Gasteiger partial charge < -0.3 is 10.6 Å². The van der Waals surface area contributed by atoms with Crippen molar-refractivity contribution in [2.24, 2.45) is 17.6 Å². The topological polar surface area (TPSA) is 114 Å². The van der Waals surface area contributed by atoms with Crippen molar-refractivity contribution in [2.45, 2.75) is 52.1 Å². The average Bonchev–Trinajstić information content (AvgIpc) is 3.22. The highest BCUT2D eigenvalue weighted by atomic mass is 16.2. The van der Waals surface area contributed by atoms with E-state index in [2.05, 4.69) is 9.97 Å². The molecule has 28 heavy (non-hydrogen) atoms. The van der Waals surface area contributed by atoms with Crippen LogP contribution in [0.1, 0.15) is 55.6 Å². The van der Waals surface area contributed by atoms with E-state index in [-0.39, 0.29) is 28.9 Å². The van der Waals surface area contributed by atoms with Crippen LogP contribution in [0.15, 0.2) is 15.7 Å². The van der Waals surface area contributed by atoms with E-state index in [0.29, 0.717) is 42.7 Å². The Morgan fingerprint density at radius 3 is 2.71 bits per heavy atom. The molecule has 0 bridgehead atoms. The first-order valence-electron chi connectivity index (χ1n) is 10.0. The molecule has 0 aromatic carbocycles. The van der Waals surface area contributed by atoms with E-state index in [0.717, 1.165) is 12.8 Å². The minimum absolute atomic E-state index is 0.0574. The van der Waals surface area contributed by atoms with Gasteiger partial charge in [-0.25, -0.2) is 9.78 Å². The highest BCUT2D eigenvalue weighted by molar-refractivity contribution is 6.05. The fraction of sp³-hybridized carbons (Fsp3) is 0.600. The molecule has 3 atom stereocenters. The molecule has 1 aliphatic carbocycles. The van der Waals surface area contributed by atoms with Crippen LogP contribution in [0.2, 0.25) is 0 Å². The molecule has 8 nitrogen and oxygen atoms in total. The number of aromatic amines is 1. The van der Waals surface area contributed by atoms with Crippen molar-refractivity contribution in [2.75, 3.05) is 13.1 Å². The predicted octanol–water partition coefficient (Wildman–Crippen LogP) is 1.04. The summed E-state index contributed by atoms with van der Waals surface area (Å²) in [5.41, 5.74) is 6.44. The number of pyridine rings is 1. The quantitative estimate of drug-likeness (QED) is 0.819. The second kappa shape index (κ2) is 6.84. The van der Waals surface area contributed by atoms with Crippen LogP contribution in [0.4, 0.5) is 0 Å². The van der Waals surface area contributed by atoms with Crippen molar-refractivity contribution in [3.8, 4) is 0 Å². The molecule has 2 fully saturated rings. The second-order valence-electron chi connectivity index (χ2n) is 8.33. The maximum Gasteiger partial charge on any atom is 0.329 e. The third-order valence-corrected chi connectivity index (χ3v) is 6.31. The summed E-state index contributed by atoms with van der Waals surface area (Å²) in [6.07, 6.45) is 2.05. The highest BCUT2D eigenvalue weighted by Crippen LogP contribution is 2.38. The number of likely N-dealkylation sites (tertiary alicyclic amines) is 1. The Morgan fingerprint density at radius 1 is 1.32 bits per heavy atom. The minimum Gasteiger partial charge on any atom is -0.338 e. The van der Waals surface area contributed by atoms with Gasteiger partial charge >= 0.3 is 5.69 Å². The molecule has 1 saturated carbocycles. The summed E-state index contributed by atoms with van der Waals surface area (Å²) >= 11 is 0. The molecule has 150 valence electrons. The van der Waals surface area contributed by atoms with Crippen LogP contribution in [0.3, 0.4) is 0 Å². The van der Waals surface area contributed by atoms with Crippen molar-refractivity contribution in [3.05, 3.63) is 38.2 Å². The lowest BCUT2D eigenvalue weighted by atomic mass is 9.98. The Balaban J connectivity index is 1.87. The molecule has 2 aliphatic rings. The van der Waals surface area contributed by atoms with E-state index in [9.17, 15) is 14.4 Å². The van der Waals surface area contributed by atoms with Gasteiger partial charge in [-0.15, -0.1) is 0 Å². The first kappa shape index (κ1) is 18.9. The van der Waals surface area contributed by atoms with Crippen LogP contribution < -0.4 is 17.0 Å². The molecule has 2 aromatic heterocycles. The Hall–Kier alpha value is -2.48. The fourth-order valence-electron chi connectivity index (χ4n) is 4.69. The summed E-state index contributed by atoms with van der Waals surface area (Å²) < 4.78 is 1.41. The molecule has 8 heteroatoms. The average molecular weight is 385 g/mol. The van der Waals surface area contributed by atoms with Crippen molar-refractivity contribution in [1.29, 1.82) is 0 Å². The maximum absolute atomic E-state index is 13.4. The van der Waals surface area contributed by atoms with Gasteiger partial charge in [-0.05, 0) is 43.6 Å². The van der Waals surface area contributed by atoms with Gasteiger partial charge in [0.25, 0.3) is 11.5 Å². The van der Waals surface area contributed by atoms with Gasteiger partial charge in [-0.3, -0.25) is 19.1 Å². The third-order valence-electron chi connectivity index (χ3n) is 6.31. The molecule has 0 spiro atoms. The number of aryl methyl sites for hydroxylation is 1. The highest BCUT2D eigenvalue weighted by Gasteiger charge is 2.43. The lowest BCUT2D eigenvalue weighted by Crippen LogP contribution is -2.36. The lowest BCUT2D eigenvalue weighted by Gasteiger charge is -2.21. The molecular weight excluding hydrogens is 358 g/mol. The number of H-pyrrole nitrogens is 1. The van der Waals surface area contributed by atoms with Crippen molar-refractivity contribution >= 4 is 16.9 Å². The summed E-state index contributed by atoms with van der Waals surface area (Å²) in [6.45, 7) is 7.41. The smallest absolute Gasteiger partial charge is 0.329 e. The maximum atomic E-state index is 13.4. The van der Waals surface area contributed by atoms with E-state index in [1.165, 1.54) is 4.57 Å². The minimum atomic E-state index is -0.563. The fourth-order valence-corrected chi connectivity index (χ4v) is 4.69. The van der Waals surface area contributed by atoms with Gasteiger partial charge in [0, 0.05) is 31.4 Å². The number of nitrogens with zero attached hydrogens (tertiary/aromatic N) is 3. The van der Waals surface area contributed by atoms with Crippen molar-refractivity contribution < 1.29 is 4.79 Å². The van der Waals surface area contributed by atoms with Crippen LogP contribution in [0, 0.1) is 11.8 Å². The molecule has 3 N–H and O–H groups in total. The Morgan fingerprint density at radius 2 is 2.07 bits per heavy atom. The van der Waals surface area contributed by atoms with E-state index in [1.54, 1.807) is 6.07 Å². The second-order valence-corrected chi connectivity index (χ2v) is 8.33. The molecule has 3 heterocycles. The van der Waals surface area contributed by atoms with Crippen LogP contribution >= 0.6 is 0 Å². The lowest BCUT2D eigenvalue weighted by molar-refractivity contribution is 0.0781. The molecule has 3 unspecified atom stereocenters. The Bertz CT molecular complexity index is 1050. The number of nitrogens with two attached hydrogens (primary N) is 1. The van der Waals surface area contributed by atoms with Gasteiger partial charge in [0.05, 0.1) is 10.9 Å². The number of carbonyl (C=O) groups is 1. The summed E-state index contributed by atoms with van der Waals surface area (Å²) in [6, 6.07) is 1.85. The number of rotatable bonds is 3. The number of nitrogens with one attached hydrogen (secondary N) is 1. The van der Waals surface area contributed by atoms with Crippen molar-refractivity contribution in [1.82, 2.24) is 19.4 Å². The van der Waals surface area contributed by atoms with Gasteiger partial charge in [-0.2, -0.15) is 0 Å². The number of amides is 1. The first-order valence-corrected chi connectivity index (χ1v) is 10.0. The monoisotopic (exact) mass is 385 g/mol. The molecule has 1 saturated heterocycles. The zero-order valence-corrected chi connectivity index (χ0v) is 16.6. The van der Waals surface area contributed by atoms with E-state index >= 15 is 0 Å². The van der Waals surface area contributed by atoms with Crippen LogP contribution in [-0.4, -0.2) is 44.5 Å². The first-order chi connectivity index (χ1) is 13.3. The largest absolute Gasteiger partial charge is 0.338 e. The molecule has 1 aliphatic heterocycles. The standard InChI is InChI=1S/C20H27N5O3/c1-4-25-17-16(18(26)23-20(25)28)12(7-15(22-17)10(2)3)19(27)24-8-11-5-6-14(21)13(11)9-24/h7,10-11,13-14H,4-6,8-9,21H2,1-3H3,(H,23,26,28). The van der Waals surface area contributed by atoms with Gasteiger partial charge in [-0.1, -0.05) is 13.8 Å². The van der Waals surface area contributed by atoms with Gasteiger partial charge in [0.2, 0.25) is 0 Å². The molecule has 1 amide bonds. The number of carbonyl (C=O) groups excluding carboxylic acids is 1. The number of fused-ring (bicyclic) bond motifs is 2. The zero-order chi connectivity index (χ0) is 20.2. The predicted molar refractivity (Wildman–Crippen MR) is 106 cm³/mol. The summed E-state index contributed by atoms with van der Waals surface area (Å²) in [4.78, 5) is 47.0. The summed E-state index contributed by atoms with van der Waals surface area (Å²) in [7, 11) is 0. The van der Waals surface area contributed by atoms with E-state index < -0.39 is 11.2 Å².